The molecule has 0 aromatic heterocycles. The Morgan fingerprint density at radius 1 is 1.26 bits per heavy atom. The summed E-state index contributed by atoms with van der Waals surface area (Å²) in [7, 11) is 1.50. The molecule has 1 aromatic rings. The van der Waals surface area contributed by atoms with Gasteiger partial charge < -0.3 is 9.47 Å². The van der Waals surface area contributed by atoms with Crippen molar-refractivity contribution in [3.05, 3.63) is 47.5 Å². The van der Waals surface area contributed by atoms with Crippen LogP contribution in [0.25, 0.3) is 0 Å². The molecule has 2 aliphatic carbocycles. The summed E-state index contributed by atoms with van der Waals surface area (Å²) in [5.41, 5.74) is 0.599. The van der Waals surface area contributed by atoms with E-state index in [1.807, 2.05) is 0 Å². The molecule has 1 saturated carbocycles. The van der Waals surface area contributed by atoms with Crippen LogP contribution in [-0.2, 0) is 9.59 Å². The van der Waals surface area contributed by atoms with Crippen molar-refractivity contribution in [3.63, 3.8) is 0 Å². The van der Waals surface area contributed by atoms with E-state index in [0.29, 0.717) is 28.7 Å². The van der Waals surface area contributed by atoms with Gasteiger partial charge in [-0.3, -0.25) is 9.59 Å². The van der Waals surface area contributed by atoms with Gasteiger partial charge in [-0.25, -0.2) is 0 Å². The third-order valence-corrected chi connectivity index (χ3v) is 5.65. The number of carbonyl (C=O) groups is 2. The molecule has 6 nitrogen and oxygen atoms in total. The monoisotopic (exact) mass is 386 g/mol. The van der Waals surface area contributed by atoms with Crippen LogP contribution in [0.1, 0.15) is 12.0 Å². The van der Waals surface area contributed by atoms with Crippen LogP contribution in [0.5, 0.6) is 11.5 Å². The zero-order chi connectivity index (χ0) is 19.1. The number of hydrogen-bond acceptors (Lipinski definition) is 5. The number of hydrazone groups is 1. The van der Waals surface area contributed by atoms with Crippen LogP contribution >= 0.6 is 11.6 Å². The lowest BCUT2D eigenvalue weighted by molar-refractivity contribution is -0.140. The summed E-state index contributed by atoms with van der Waals surface area (Å²) < 4.78 is 10.8. The van der Waals surface area contributed by atoms with Gasteiger partial charge in [-0.05, 0) is 36.0 Å². The van der Waals surface area contributed by atoms with Gasteiger partial charge >= 0.3 is 0 Å². The molecule has 2 amide bonds. The van der Waals surface area contributed by atoms with Crippen LogP contribution in [-0.4, -0.2) is 36.8 Å². The molecule has 2 bridgehead atoms. The predicted octanol–water partition coefficient (Wildman–Crippen LogP) is 3.05. The molecule has 0 spiro atoms. The lowest BCUT2D eigenvalue weighted by Gasteiger charge is -2.13. The van der Waals surface area contributed by atoms with E-state index < -0.39 is 0 Å². The first-order valence-electron chi connectivity index (χ1n) is 8.76. The van der Waals surface area contributed by atoms with Crippen molar-refractivity contribution in [1.82, 2.24) is 5.01 Å². The molecule has 4 rings (SSSR count). The van der Waals surface area contributed by atoms with Crippen molar-refractivity contribution in [2.24, 2.45) is 28.8 Å². The Kier molecular flexibility index (Phi) is 4.52. The maximum atomic E-state index is 12.6. The molecule has 1 aromatic carbocycles. The molecule has 4 atom stereocenters. The Bertz CT molecular complexity index is 849. The summed E-state index contributed by atoms with van der Waals surface area (Å²) in [6.45, 7) is 3.89. The number of halogens is 1. The van der Waals surface area contributed by atoms with Crippen LogP contribution in [0.4, 0.5) is 0 Å². The molecule has 2 fully saturated rings. The number of allylic oxidation sites excluding steroid dienone is 2. The first-order chi connectivity index (χ1) is 13.0. The molecule has 0 radical (unpaired) electrons. The number of fused-ring (bicyclic) bond motifs is 5. The van der Waals surface area contributed by atoms with E-state index >= 15 is 0 Å². The van der Waals surface area contributed by atoms with E-state index in [2.05, 4.69) is 23.8 Å². The third-order valence-electron chi connectivity index (χ3n) is 5.37. The van der Waals surface area contributed by atoms with E-state index in [9.17, 15) is 9.59 Å². The molecule has 1 heterocycles. The highest BCUT2D eigenvalue weighted by atomic mass is 35.5. The number of hydrogen-bond donors (Lipinski definition) is 0. The van der Waals surface area contributed by atoms with E-state index in [0.717, 1.165) is 11.4 Å². The first kappa shape index (κ1) is 17.8. The number of imide groups is 1. The number of amides is 2. The van der Waals surface area contributed by atoms with Gasteiger partial charge in [0, 0.05) is 0 Å². The molecule has 1 saturated heterocycles. The minimum absolute atomic E-state index is 0.160. The topological polar surface area (TPSA) is 68.2 Å². The SMILES string of the molecule is C=CCOc1c(Cl)cc(C=NN2C(=O)C3C4C=CC(C4)C3C2=O)cc1OC. The standard InChI is InChI=1S/C20H19ClN2O4/c1-3-6-27-18-14(21)7-11(8-15(18)26-2)10-22-23-19(24)16-12-4-5-13(9-12)17(16)20(23)25/h3-5,7-8,10,12-13,16-17H,1,6,9H2,2H3. The molecule has 4 unspecified atom stereocenters. The smallest absolute Gasteiger partial charge is 0.254 e. The Balaban J connectivity index is 1.57. The highest BCUT2D eigenvalue weighted by molar-refractivity contribution is 6.32. The summed E-state index contributed by atoms with van der Waals surface area (Å²) >= 11 is 6.27. The second-order valence-electron chi connectivity index (χ2n) is 6.87. The van der Waals surface area contributed by atoms with Crippen LogP contribution in [0, 0.1) is 23.7 Å². The van der Waals surface area contributed by atoms with Crippen LogP contribution < -0.4 is 9.47 Å². The lowest BCUT2D eigenvalue weighted by atomic mass is 9.85. The Hall–Kier alpha value is -2.60. The van der Waals surface area contributed by atoms with Crippen LogP contribution in [0.3, 0.4) is 0 Å². The van der Waals surface area contributed by atoms with Crippen molar-refractivity contribution in [2.45, 2.75) is 6.42 Å². The maximum Gasteiger partial charge on any atom is 0.254 e. The summed E-state index contributed by atoms with van der Waals surface area (Å²) in [5.74, 6) is 0.185. The van der Waals surface area contributed by atoms with Crippen molar-refractivity contribution >= 4 is 29.6 Å². The normalized spacial score (nSPS) is 28.3. The van der Waals surface area contributed by atoms with Gasteiger partial charge in [0.1, 0.15) is 6.61 Å². The average Bonchev–Trinajstić information content (AvgIpc) is 3.33. The predicted molar refractivity (Wildman–Crippen MR) is 101 cm³/mol. The number of methoxy groups -OCH3 is 1. The zero-order valence-electron chi connectivity index (χ0n) is 14.8. The highest BCUT2D eigenvalue weighted by Crippen LogP contribution is 2.52. The summed E-state index contributed by atoms with van der Waals surface area (Å²) in [6.07, 6.45) is 8.05. The highest BCUT2D eigenvalue weighted by Gasteiger charge is 2.59. The molecular formula is C20H19ClN2O4. The minimum atomic E-state index is -0.266. The summed E-state index contributed by atoms with van der Waals surface area (Å²) in [4.78, 5) is 25.3. The van der Waals surface area contributed by atoms with E-state index in [-0.39, 0.29) is 35.5 Å². The number of rotatable bonds is 6. The van der Waals surface area contributed by atoms with Gasteiger partial charge in [0.25, 0.3) is 11.8 Å². The van der Waals surface area contributed by atoms with Gasteiger partial charge in [-0.1, -0.05) is 36.4 Å². The summed E-state index contributed by atoms with van der Waals surface area (Å²) in [6, 6.07) is 3.33. The Morgan fingerprint density at radius 2 is 1.93 bits per heavy atom. The fourth-order valence-electron chi connectivity index (χ4n) is 4.22. The van der Waals surface area contributed by atoms with Crippen LogP contribution in [0.2, 0.25) is 5.02 Å². The molecule has 3 aliphatic rings. The van der Waals surface area contributed by atoms with Gasteiger partial charge in [-0.2, -0.15) is 10.1 Å². The van der Waals surface area contributed by atoms with Crippen molar-refractivity contribution in [1.29, 1.82) is 0 Å². The molecule has 140 valence electrons. The number of benzene rings is 1. The summed E-state index contributed by atoms with van der Waals surface area (Å²) in [5, 5.41) is 5.50. The number of nitrogens with zero attached hydrogens (tertiary/aromatic N) is 2. The van der Waals surface area contributed by atoms with E-state index in [4.69, 9.17) is 21.1 Å². The largest absolute Gasteiger partial charge is 0.493 e. The average molecular weight is 387 g/mol. The Labute approximate surface area is 162 Å². The third kappa shape index (κ3) is 2.84. The van der Waals surface area contributed by atoms with Crippen molar-refractivity contribution in [2.75, 3.05) is 13.7 Å². The molecule has 7 heteroatoms. The second-order valence-corrected chi connectivity index (χ2v) is 7.27. The number of carbonyl (C=O) groups excluding carboxylic acids is 2. The molecule has 27 heavy (non-hydrogen) atoms. The van der Waals surface area contributed by atoms with Crippen molar-refractivity contribution in [3.8, 4) is 11.5 Å². The van der Waals surface area contributed by atoms with Crippen LogP contribution in [0.15, 0.2) is 42.0 Å². The zero-order valence-corrected chi connectivity index (χ0v) is 15.6. The first-order valence-corrected chi connectivity index (χ1v) is 9.14. The molecule has 0 N–H and O–H groups in total. The van der Waals surface area contributed by atoms with Crippen molar-refractivity contribution < 1.29 is 19.1 Å². The van der Waals surface area contributed by atoms with Gasteiger partial charge in [-0.15, -0.1) is 0 Å². The second kappa shape index (κ2) is 6.85. The van der Waals surface area contributed by atoms with Gasteiger partial charge in [0.2, 0.25) is 0 Å². The van der Waals surface area contributed by atoms with E-state index in [1.165, 1.54) is 13.3 Å². The molecule has 1 aliphatic heterocycles. The van der Waals surface area contributed by atoms with E-state index in [1.54, 1.807) is 18.2 Å². The number of ether oxygens (including phenoxy) is 2. The molecular weight excluding hydrogens is 368 g/mol. The quantitative estimate of drug-likeness (QED) is 0.428. The van der Waals surface area contributed by atoms with Gasteiger partial charge in [0.05, 0.1) is 30.2 Å². The fourth-order valence-corrected chi connectivity index (χ4v) is 4.50. The lowest BCUT2D eigenvalue weighted by Crippen LogP contribution is -2.28. The fraction of sp³-hybridized carbons (Fsp3) is 0.350. The Morgan fingerprint density at radius 3 is 2.52 bits per heavy atom. The van der Waals surface area contributed by atoms with Gasteiger partial charge in [0.15, 0.2) is 11.5 Å². The minimum Gasteiger partial charge on any atom is -0.493 e. The maximum absolute atomic E-state index is 12.6.